The second kappa shape index (κ2) is 5.10. The molecule has 3 N–H and O–H groups in total. The minimum atomic E-state index is 0.0863. The van der Waals surface area contributed by atoms with Crippen molar-refractivity contribution < 1.29 is 4.74 Å². The van der Waals surface area contributed by atoms with E-state index in [4.69, 9.17) is 15.7 Å². The van der Waals surface area contributed by atoms with Crippen molar-refractivity contribution in [2.45, 2.75) is 12.5 Å². The summed E-state index contributed by atoms with van der Waals surface area (Å²) in [5, 5.41) is 12.5. The Morgan fingerprint density at radius 2 is 2.25 bits per heavy atom. The number of nitrogen functional groups attached to an aromatic ring is 1. The van der Waals surface area contributed by atoms with Crippen LogP contribution in [0.5, 0.6) is 5.75 Å². The Kier molecular flexibility index (Phi) is 3.13. The third-order valence-electron chi connectivity index (χ3n) is 3.30. The van der Waals surface area contributed by atoms with Gasteiger partial charge < -0.3 is 15.8 Å². The smallest absolute Gasteiger partial charge is 0.144 e. The van der Waals surface area contributed by atoms with Crippen LogP contribution in [-0.4, -0.2) is 11.6 Å². The number of rotatable bonds is 2. The first-order valence-electron chi connectivity index (χ1n) is 6.42. The fourth-order valence-electron chi connectivity index (χ4n) is 2.34. The second-order valence-electron chi connectivity index (χ2n) is 4.65. The molecule has 2 heterocycles. The fraction of sp³-hybridized carbons (Fsp3) is 0.200. The van der Waals surface area contributed by atoms with Crippen molar-refractivity contribution >= 4 is 11.5 Å². The molecule has 1 unspecified atom stereocenters. The number of hydrogen-bond donors (Lipinski definition) is 2. The van der Waals surface area contributed by atoms with Gasteiger partial charge in [0.15, 0.2) is 0 Å². The van der Waals surface area contributed by atoms with Crippen LogP contribution < -0.4 is 15.8 Å². The summed E-state index contributed by atoms with van der Waals surface area (Å²) in [4.78, 5) is 4.22. The van der Waals surface area contributed by atoms with E-state index in [9.17, 15) is 0 Å². The monoisotopic (exact) mass is 266 g/mol. The van der Waals surface area contributed by atoms with E-state index < -0.39 is 0 Å². The summed E-state index contributed by atoms with van der Waals surface area (Å²) in [5.41, 5.74) is 7.67. The van der Waals surface area contributed by atoms with Crippen molar-refractivity contribution in [1.82, 2.24) is 4.98 Å². The van der Waals surface area contributed by atoms with Gasteiger partial charge in [0.2, 0.25) is 0 Å². The van der Waals surface area contributed by atoms with Gasteiger partial charge in [-0.25, -0.2) is 4.98 Å². The van der Waals surface area contributed by atoms with Gasteiger partial charge in [0.1, 0.15) is 17.6 Å². The lowest BCUT2D eigenvalue weighted by Gasteiger charge is -2.27. The number of aromatic nitrogens is 1. The van der Waals surface area contributed by atoms with Gasteiger partial charge in [-0.05, 0) is 12.1 Å². The van der Waals surface area contributed by atoms with E-state index in [1.54, 1.807) is 12.3 Å². The number of nitriles is 1. The molecule has 0 bridgehead atoms. The third-order valence-corrected chi connectivity index (χ3v) is 3.30. The van der Waals surface area contributed by atoms with Crippen molar-refractivity contribution in [3.05, 3.63) is 47.7 Å². The van der Waals surface area contributed by atoms with Crippen LogP contribution in [0.4, 0.5) is 11.5 Å². The summed E-state index contributed by atoms with van der Waals surface area (Å²) in [7, 11) is 0. The summed E-state index contributed by atoms with van der Waals surface area (Å²) < 4.78 is 5.62. The van der Waals surface area contributed by atoms with Crippen molar-refractivity contribution in [3.63, 3.8) is 0 Å². The Morgan fingerprint density at radius 1 is 1.40 bits per heavy atom. The van der Waals surface area contributed by atoms with Gasteiger partial charge in [0.25, 0.3) is 0 Å². The minimum Gasteiger partial charge on any atom is -0.493 e. The van der Waals surface area contributed by atoms with E-state index in [1.807, 2.05) is 24.3 Å². The molecule has 0 saturated heterocycles. The molecule has 0 aliphatic carbocycles. The number of benzene rings is 1. The lowest BCUT2D eigenvalue weighted by atomic mass is 10.0. The van der Waals surface area contributed by atoms with E-state index in [0.29, 0.717) is 23.7 Å². The van der Waals surface area contributed by atoms with Crippen molar-refractivity contribution in [3.8, 4) is 11.8 Å². The quantitative estimate of drug-likeness (QED) is 0.872. The molecule has 5 heteroatoms. The highest BCUT2D eigenvalue weighted by atomic mass is 16.5. The Labute approximate surface area is 117 Å². The zero-order chi connectivity index (χ0) is 13.9. The predicted octanol–water partition coefficient (Wildman–Crippen LogP) is 2.47. The van der Waals surface area contributed by atoms with Crippen LogP contribution in [-0.2, 0) is 0 Å². The van der Waals surface area contributed by atoms with Crippen molar-refractivity contribution in [1.29, 1.82) is 5.26 Å². The summed E-state index contributed by atoms with van der Waals surface area (Å²) in [5.74, 6) is 1.44. The van der Waals surface area contributed by atoms with Crippen LogP contribution >= 0.6 is 0 Å². The average molecular weight is 266 g/mol. The van der Waals surface area contributed by atoms with Crippen LogP contribution in [0.15, 0.2) is 36.5 Å². The van der Waals surface area contributed by atoms with Crippen LogP contribution in [0.3, 0.4) is 0 Å². The molecule has 0 spiro atoms. The fourth-order valence-corrected chi connectivity index (χ4v) is 2.34. The highest BCUT2D eigenvalue weighted by molar-refractivity contribution is 5.58. The molecule has 2 aromatic rings. The van der Waals surface area contributed by atoms with Gasteiger partial charge in [0, 0.05) is 12.0 Å². The largest absolute Gasteiger partial charge is 0.493 e. The Morgan fingerprint density at radius 3 is 3.10 bits per heavy atom. The number of nitrogens with one attached hydrogen (secondary N) is 1. The molecule has 0 saturated carbocycles. The lowest BCUT2D eigenvalue weighted by Crippen LogP contribution is -2.21. The standard InChI is InChI=1S/C15H14N4O/c16-8-10-7-11(17)9-18-15(10)19-13-5-6-20-14-4-2-1-3-12(13)14/h1-4,7,9,13H,5-6,17H2,(H,18,19). The minimum absolute atomic E-state index is 0.0863. The van der Waals surface area contributed by atoms with Crippen LogP contribution in [0.2, 0.25) is 0 Å². The predicted molar refractivity (Wildman–Crippen MR) is 76.3 cm³/mol. The Balaban J connectivity index is 1.92. The van der Waals surface area contributed by atoms with Crippen LogP contribution in [0, 0.1) is 11.3 Å². The molecule has 1 aromatic carbocycles. The topological polar surface area (TPSA) is 84.0 Å². The van der Waals surface area contributed by atoms with Gasteiger partial charge in [-0.1, -0.05) is 18.2 Å². The number of hydrogen-bond acceptors (Lipinski definition) is 5. The number of anilines is 2. The normalized spacial score (nSPS) is 16.6. The van der Waals surface area contributed by atoms with E-state index >= 15 is 0 Å². The zero-order valence-electron chi connectivity index (χ0n) is 10.8. The SMILES string of the molecule is N#Cc1cc(N)cnc1NC1CCOc2ccccc21. The second-order valence-corrected chi connectivity index (χ2v) is 4.65. The van der Waals surface area contributed by atoms with Gasteiger partial charge in [-0.15, -0.1) is 0 Å². The number of ether oxygens (including phenoxy) is 1. The van der Waals surface area contributed by atoms with E-state index in [-0.39, 0.29) is 6.04 Å². The maximum atomic E-state index is 9.16. The molecule has 1 aliphatic heterocycles. The Bertz CT molecular complexity index is 678. The molecule has 0 radical (unpaired) electrons. The summed E-state index contributed by atoms with van der Waals surface area (Å²) in [6.45, 7) is 0.644. The maximum Gasteiger partial charge on any atom is 0.144 e. The van der Waals surface area contributed by atoms with Crippen LogP contribution in [0.1, 0.15) is 23.6 Å². The highest BCUT2D eigenvalue weighted by Gasteiger charge is 2.22. The molecule has 100 valence electrons. The van der Waals surface area contributed by atoms with Crippen molar-refractivity contribution in [2.75, 3.05) is 17.7 Å². The number of nitrogens with two attached hydrogens (primary N) is 1. The first-order chi connectivity index (χ1) is 9.78. The lowest BCUT2D eigenvalue weighted by molar-refractivity contribution is 0.274. The molecule has 0 fully saturated rings. The number of nitrogens with zero attached hydrogens (tertiary/aromatic N) is 2. The maximum absolute atomic E-state index is 9.16. The molecule has 20 heavy (non-hydrogen) atoms. The number of fused-ring (bicyclic) bond motifs is 1. The van der Waals surface area contributed by atoms with Crippen molar-refractivity contribution in [2.24, 2.45) is 0 Å². The summed E-state index contributed by atoms with van der Waals surface area (Å²) in [6.07, 6.45) is 2.38. The molecular formula is C15H14N4O. The molecule has 1 aromatic heterocycles. The first kappa shape index (κ1) is 12.3. The highest BCUT2D eigenvalue weighted by Crippen LogP contribution is 2.34. The molecule has 0 amide bonds. The number of pyridine rings is 1. The molecule has 1 aliphatic rings. The number of para-hydroxylation sites is 1. The van der Waals surface area contributed by atoms with Crippen LogP contribution in [0.25, 0.3) is 0 Å². The average Bonchev–Trinajstić information content (AvgIpc) is 2.49. The summed E-state index contributed by atoms with van der Waals surface area (Å²) >= 11 is 0. The summed E-state index contributed by atoms with van der Waals surface area (Å²) in [6, 6.07) is 11.7. The van der Waals surface area contributed by atoms with Gasteiger partial charge >= 0.3 is 0 Å². The third kappa shape index (κ3) is 2.24. The molecular weight excluding hydrogens is 252 g/mol. The Hall–Kier alpha value is -2.74. The van der Waals surface area contributed by atoms with Gasteiger partial charge in [-0.3, -0.25) is 0 Å². The molecule has 3 rings (SSSR count). The van der Waals surface area contributed by atoms with E-state index in [2.05, 4.69) is 16.4 Å². The molecule has 5 nitrogen and oxygen atoms in total. The zero-order valence-corrected chi connectivity index (χ0v) is 10.8. The first-order valence-corrected chi connectivity index (χ1v) is 6.42. The van der Waals surface area contributed by atoms with Gasteiger partial charge in [0.05, 0.1) is 30.1 Å². The molecule has 1 atom stereocenters. The van der Waals surface area contributed by atoms with E-state index in [0.717, 1.165) is 17.7 Å². The van der Waals surface area contributed by atoms with E-state index in [1.165, 1.54) is 0 Å². The van der Waals surface area contributed by atoms with Gasteiger partial charge in [-0.2, -0.15) is 5.26 Å².